The summed E-state index contributed by atoms with van der Waals surface area (Å²) in [4.78, 5) is 12.8. The van der Waals surface area contributed by atoms with Crippen molar-refractivity contribution in [1.82, 2.24) is 0 Å². The Morgan fingerprint density at radius 1 is 0.735 bits per heavy atom. The maximum atomic E-state index is 12.7. The average molecular weight is 473 g/mol. The minimum atomic E-state index is -3.72. The molecule has 7 heteroatoms. The summed E-state index contributed by atoms with van der Waals surface area (Å²) < 4.78 is 33.4. The lowest BCUT2D eigenvalue weighted by molar-refractivity contribution is 0.102. The van der Waals surface area contributed by atoms with Crippen LogP contribution in [0.1, 0.15) is 15.9 Å². The molecule has 0 fully saturated rings. The van der Waals surface area contributed by atoms with Crippen LogP contribution in [0, 0.1) is 0 Å². The fourth-order valence-corrected chi connectivity index (χ4v) is 4.36. The minimum absolute atomic E-state index is 0.100. The van der Waals surface area contributed by atoms with Gasteiger partial charge in [-0.1, -0.05) is 54.6 Å². The van der Waals surface area contributed by atoms with Crippen LogP contribution in [0.5, 0.6) is 5.75 Å². The van der Waals surface area contributed by atoms with Gasteiger partial charge in [-0.25, -0.2) is 8.42 Å². The molecule has 34 heavy (non-hydrogen) atoms. The fraction of sp³-hybridized carbons (Fsp3) is 0.0741. The molecule has 0 bridgehead atoms. The monoisotopic (exact) mass is 472 g/mol. The topological polar surface area (TPSA) is 84.5 Å². The fourth-order valence-electron chi connectivity index (χ4n) is 3.30. The van der Waals surface area contributed by atoms with Crippen LogP contribution in [-0.2, 0) is 16.4 Å². The molecule has 172 valence electrons. The van der Waals surface area contributed by atoms with E-state index >= 15 is 0 Å². The van der Waals surface area contributed by atoms with E-state index in [0.717, 1.165) is 6.42 Å². The number of hydrogen-bond donors (Lipinski definition) is 2. The minimum Gasteiger partial charge on any atom is -0.493 e. The lowest BCUT2D eigenvalue weighted by Gasteiger charge is -2.10. The lowest BCUT2D eigenvalue weighted by atomic mass is 10.1. The molecule has 6 nitrogen and oxygen atoms in total. The average Bonchev–Trinajstić information content (AvgIpc) is 2.86. The van der Waals surface area contributed by atoms with Crippen molar-refractivity contribution in [3.05, 3.63) is 120 Å². The number of sulfonamides is 1. The van der Waals surface area contributed by atoms with Gasteiger partial charge < -0.3 is 10.1 Å². The zero-order valence-corrected chi connectivity index (χ0v) is 19.2. The van der Waals surface area contributed by atoms with E-state index in [9.17, 15) is 13.2 Å². The highest BCUT2D eigenvalue weighted by atomic mass is 32.2. The van der Waals surface area contributed by atoms with Gasteiger partial charge in [0.2, 0.25) is 0 Å². The molecule has 0 aliphatic rings. The number of carbonyl (C=O) groups excluding carboxylic acids is 1. The van der Waals surface area contributed by atoms with Gasteiger partial charge in [0.15, 0.2) is 0 Å². The van der Waals surface area contributed by atoms with Crippen molar-refractivity contribution < 1.29 is 17.9 Å². The first-order chi connectivity index (χ1) is 16.5. The molecule has 0 unspecified atom stereocenters. The Bertz CT molecular complexity index is 1340. The van der Waals surface area contributed by atoms with Crippen LogP contribution >= 0.6 is 0 Å². The Morgan fingerprint density at radius 3 is 2.12 bits per heavy atom. The largest absolute Gasteiger partial charge is 0.493 e. The van der Waals surface area contributed by atoms with E-state index in [0.29, 0.717) is 29.3 Å². The van der Waals surface area contributed by atoms with Gasteiger partial charge in [0, 0.05) is 23.4 Å². The van der Waals surface area contributed by atoms with E-state index in [1.807, 2.05) is 36.4 Å². The van der Waals surface area contributed by atoms with Gasteiger partial charge >= 0.3 is 0 Å². The van der Waals surface area contributed by atoms with Crippen LogP contribution in [0.25, 0.3) is 0 Å². The van der Waals surface area contributed by atoms with Crippen LogP contribution < -0.4 is 14.8 Å². The van der Waals surface area contributed by atoms with Crippen molar-refractivity contribution in [1.29, 1.82) is 0 Å². The first-order valence-electron chi connectivity index (χ1n) is 10.8. The van der Waals surface area contributed by atoms with Crippen molar-refractivity contribution in [2.24, 2.45) is 0 Å². The second kappa shape index (κ2) is 10.7. The lowest BCUT2D eigenvalue weighted by Crippen LogP contribution is -2.14. The molecule has 0 saturated carbocycles. The van der Waals surface area contributed by atoms with Crippen LogP contribution in [-0.4, -0.2) is 20.9 Å². The normalized spacial score (nSPS) is 10.9. The molecule has 4 aromatic rings. The Morgan fingerprint density at radius 2 is 1.41 bits per heavy atom. The van der Waals surface area contributed by atoms with Crippen molar-refractivity contribution in [2.45, 2.75) is 11.3 Å². The second-order valence-electron chi connectivity index (χ2n) is 7.56. The molecule has 4 aromatic carbocycles. The summed E-state index contributed by atoms with van der Waals surface area (Å²) >= 11 is 0. The van der Waals surface area contributed by atoms with Crippen LogP contribution in [0.4, 0.5) is 11.4 Å². The number of carbonyl (C=O) groups is 1. The Kier molecular flexibility index (Phi) is 7.25. The summed E-state index contributed by atoms with van der Waals surface area (Å²) in [6.07, 6.45) is 0.769. The number of benzene rings is 4. The molecule has 0 aliphatic carbocycles. The highest BCUT2D eigenvalue weighted by Crippen LogP contribution is 2.20. The molecular formula is C27H24N2O4S. The number of ether oxygens (including phenoxy) is 1. The van der Waals surface area contributed by atoms with Gasteiger partial charge in [-0.3, -0.25) is 9.52 Å². The SMILES string of the molecule is O=C(Nc1ccc(S(=O)(=O)Nc2ccccc2)cc1)c1cccc(OCCc2ccccc2)c1. The number of hydrogen-bond acceptors (Lipinski definition) is 4. The summed E-state index contributed by atoms with van der Waals surface area (Å²) in [5, 5.41) is 2.79. The van der Waals surface area contributed by atoms with Gasteiger partial charge in [0.1, 0.15) is 5.75 Å². The van der Waals surface area contributed by atoms with Crippen molar-refractivity contribution in [2.75, 3.05) is 16.6 Å². The van der Waals surface area contributed by atoms with E-state index in [-0.39, 0.29) is 10.8 Å². The maximum Gasteiger partial charge on any atom is 0.261 e. The molecule has 0 radical (unpaired) electrons. The van der Waals surface area contributed by atoms with Crippen LogP contribution in [0.3, 0.4) is 0 Å². The molecule has 0 spiro atoms. The van der Waals surface area contributed by atoms with E-state index in [4.69, 9.17) is 4.74 Å². The third-order valence-corrected chi connectivity index (χ3v) is 6.44. The van der Waals surface area contributed by atoms with Crippen LogP contribution in [0.2, 0.25) is 0 Å². The third kappa shape index (κ3) is 6.24. The summed E-state index contributed by atoms with van der Waals surface area (Å²) in [5.41, 5.74) is 2.59. The molecule has 0 atom stereocenters. The zero-order valence-electron chi connectivity index (χ0n) is 18.3. The van der Waals surface area contributed by atoms with E-state index in [1.54, 1.807) is 60.7 Å². The smallest absolute Gasteiger partial charge is 0.261 e. The molecule has 0 aromatic heterocycles. The number of para-hydroxylation sites is 1. The van der Waals surface area contributed by atoms with Gasteiger partial charge in [-0.2, -0.15) is 0 Å². The molecule has 1 amide bonds. The molecule has 4 rings (SSSR count). The van der Waals surface area contributed by atoms with E-state index < -0.39 is 10.0 Å². The summed E-state index contributed by atoms with van der Waals surface area (Å²) in [6.45, 7) is 0.502. The Labute approximate surface area is 199 Å². The maximum absolute atomic E-state index is 12.7. The summed E-state index contributed by atoms with van der Waals surface area (Å²) in [7, 11) is -3.72. The first kappa shape index (κ1) is 23.1. The highest BCUT2D eigenvalue weighted by Gasteiger charge is 2.14. The number of nitrogens with one attached hydrogen (secondary N) is 2. The van der Waals surface area contributed by atoms with Crippen LogP contribution in [0.15, 0.2) is 114 Å². The number of rotatable bonds is 9. The first-order valence-corrected chi connectivity index (χ1v) is 12.2. The second-order valence-corrected chi connectivity index (χ2v) is 9.24. The zero-order chi connectivity index (χ0) is 23.8. The van der Waals surface area contributed by atoms with Crippen molar-refractivity contribution in [3.63, 3.8) is 0 Å². The molecule has 0 saturated heterocycles. The Hall–Kier alpha value is -4.10. The summed E-state index contributed by atoms with van der Waals surface area (Å²) in [5.74, 6) is 0.295. The van der Waals surface area contributed by atoms with E-state index in [2.05, 4.69) is 10.0 Å². The third-order valence-electron chi connectivity index (χ3n) is 5.05. The predicted octanol–water partition coefficient (Wildman–Crippen LogP) is 5.36. The van der Waals surface area contributed by atoms with Gasteiger partial charge in [-0.05, 0) is 60.2 Å². The molecule has 0 aliphatic heterocycles. The summed E-state index contributed by atoms with van der Waals surface area (Å²) in [6, 6.07) is 31.6. The predicted molar refractivity (Wildman–Crippen MR) is 134 cm³/mol. The van der Waals surface area contributed by atoms with Crippen molar-refractivity contribution in [3.8, 4) is 5.75 Å². The van der Waals surface area contributed by atoms with E-state index in [1.165, 1.54) is 17.7 Å². The van der Waals surface area contributed by atoms with Gasteiger partial charge in [0.25, 0.3) is 15.9 Å². The standard InChI is InChI=1S/C27H24N2O4S/c30-27(22-10-7-13-25(20-22)33-19-18-21-8-3-1-4-9-21)28-23-14-16-26(17-15-23)34(31,32)29-24-11-5-2-6-12-24/h1-17,20,29H,18-19H2,(H,28,30). The highest BCUT2D eigenvalue weighted by molar-refractivity contribution is 7.92. The van der Waals surface area contributed by atoms with Gasteiger partial charge in [0.05, 0.1) is 11.5 Å². The number of anilines is 2. The molecular weight excluding hydrogens is 448 g/mol. The van der Waals surface area contributed by atoms with Gasteiger partial charge in [-0.15, -0.1) is 0 Å². The quantitative estimate of drug-likeness (QED) is 0.343. The van der Waals surface area contributed by atoms with Crippen molar-refractivity contribution >= 4 is 27.3 Å². The Balaban J connectivity index is 1.35. The number of amides is 1. The molecule has 0 heterocycles. The molecule has 2 N–H and O–H groups in total.